The third-order valence-electron chi connectivity index (χ3n) is 4.16. The quantitative estimate of drug-likeness (QED) is 0.853. The van der Waals surface area contributed by atoms with Crippen molar-refractivity contribution in [3.63, 3.8) is 0 Å². The fraction of sp³-hybridized carbons (Fsp3) is 0.600. The van der Waals surface area contributed by atoms with Gasteiger partial charge < -0.3 is 4.52 Å². The van der Waals surface area contributed by atoms with E-state index in [-0.39, 0.29) is 12.7 Å². The Morgan fingerprint density at radius 1 is 1.35 bits per heavy atom. The molecular formula is C15H22N6O2. The molecule has 0 saturated carbocycles. The molecule has 0 aromatic carbocycles. The first-order chi connectivity index (χ1) is 11.1. The van der Waals surface area contributed by atoms with Gasteiger partial charge >= 0.3 is 6.03 Å². The van der Waals surface area contributed by atoms with E-state index in [2.05, 4.69) is 21.7 Å². The molecule has 124 valence electrons. The first kappa shape index (κ1) is 15.5. The Bertz CT molecular complexity index is 631. The molecule has 2 amide bonds. The number of hydrogen-bond donors (Lipinski definition) is 0. The average molecular weight is 318 g/mol. The van der Waals surface area contributed by atoms with Gasteiger partial charge in [0.05, 0.1) is 0 Å². The second-order valence-corrected chi connectivity index (χ2v) is 5.76. The van der Waals surface area contributed by atoms with Crippen LogP contribution in [0.15, 0.2) is 26.7 Å². The number of urea groups is 1. The van der Waals surface area contributed by atoms with Crippen molar-refractivity contribution in [2.24, 2.45) is 10.4 Å². The van der Waals surface area contributed by atoms with Gasteiger partial charge in [0.1, 0.15) is 18.1 Å². The highest BCUT2D eigenvalue weighted by Crippen LogP contribution is 2.28. The van der Waals surface area contributed by atoms with Crippen molar-refractivity contribution in [3.8, 4) is 0 Å². The number of aryl methyl sites for hydroxylation is 2. The van der Waals surface area contributed by atoms with Crippen molar-refractivity contribution in [1.82, 2.24) is 15.1 Å². The van der Waals surface area contributed by atoms with E-state index < -0.39 is 0 Å². The number of allylic oxidation sites excluding steroid dienone is 2. The summed E-state index contributed by atoms with van der Waals surface area (Å²) >= 11 is 0. The van der Waals surface area contributed by atoms with Crippen LogP contribution >= 0.6 is 0 Å². The summed E-state index contributed by atoms with van der Waals surface area (Å²) in [6, 6.07) is -0.140. The molecule has 0 unspecified atom stereocenters. The number of amides is 2. The SMILES string of the molecule is CCN(C(=O)N1CN(c2c(C)noc2C)N=N1)C1=CCCCC1. The highest BCUT2D eigenvalue weighted by atomic mass is 16.5. The van der Waals surface area contributed by atoms with E-state index in [1.165, 1.54) is 11.4 Å². The van der Waals surface area contributed by atoms with Gasteiger partial charge in [0.2, 0.25) is 0 Å². The van der Waals surface area contributed by atoms with Gasteiger partial charge in [0.15, 0.2) is 5.76 Å². The van der Waals surface area contributed by atoms with Crippen molar-refractivity contribution in [2.45, 2.75) is 46.5 Å². The average Bonchev–Trinajstić information content (AvgIpc) is 3.16. The monoisotopic (exact) mass is 318 g/mol. The molecule has 1 aliphatic carbocycles. The number of nitrogens with zero attached hydrogens (tertiary/aromatic N) is 6. The first-order valence-corrected chi connectivity index (χ1v) is 8.02. The van der Waals surface area contributed by atoms with Gasteiger partial charge in [-0.25, -0.2) is 9.80 Å². The number of anilines is 1. The molecule has 0 bridgehead atoms. The van der Waals surface area contributed by atoms with E-state index in [4.69, 9.17) is 4.52 Å². The normalized spacial score (nSPS) is 17.6. The fourth-order valence-electron chi connectivity index (χ4n) is 3.01. The van der Waals surface area contributed by atoms with E-state index in [1.807, 2.05) is 20.8 Å². The second-order valence-electron chi connectivity index (χ2n) is 5.76. The van der Waals surface area contributed by atoms with Gasteiger partial charge in [-0.2, -0.15) is 5.01 Å². The zero-order valence-corrected chi connectivity index (χ0v) is 13.8. The standard InChI is InChI=1S/C15H22N6O2/c1-4-19(13-8-6-5-7-9-13)15(22)21-10-20(17-18-21)14-11(2)16-23-12(14)3/h8H,4-7,9-10H2,1-3H3. The van der Waals surface area contributed by atoms with Crippen LogP contribution in [-0.4, -0.2) is 34.3 Å². The Kier molecular flexibility index (Phi) is 4.31. The lowest BCUT2D eigenvalue weighted by atomic mass is 10.0. The molecule has 2 heterocycles. The van der Waals surface area contributed by atoms with Gasteiger partial charge in [-0.1, -0.05) is 11.2 Å². The van der Waals surface area contributed by atoms with Gasteiger partial charge in [-0.3, -0.25) is 4.90 Å². The molecule has 1 aromatic rings. The van der Waals surface area contributed by atoms with Crippen LogP contribution < -0.4 is 5.01 Å². The minimum Gasteiger partial charge on any atom is -0.359 e. The smallest absolute Gasteiger partial charge is 0.347 e. The van der Waals surface area contributed by atoms with Crippen LogP contribution in [0.25, 0.3) is 0 Å². The van der Waals surface area contributed by atoms with Crippen LogP contribution in [0.2, 0.25) is 0 Å². The third kappa shape index (κ3) is 2.93. The number of rotatable bonds is 3. The second kappa shape index (κ2) is 6.39. The van der Waals surface area contributed by atoms with Crippen molar-refractivity contribution >= 4 is 11.7 Å². The van der Waals surface area contributed by atoms with E-state index in [0.717, 1.165) is 36.3 Å². The Balaban J connectivity index is 1.72. The third-order valence-corrected chi connectivity index (χ3v) is 4.16. The molecule has 0 N–H and O–H groups in total. The maximum atomic E-state index is 12.8. The summed E-state index contributed by atoms with van der Waals surface area (Å²) in [6.45, 7) is 6.54. The summed E-state index contributed by atoms with van der Waals surface area (Å²) in [5.41, 5.74) is 2.59. The maximum absolute atomic E-state index is 12.8. The summed E-state index contributed by atoms with van der Waals surface area (Å²) < 4.78 is 5.15. The Labute approximate surface area is 135 Å². The minimum absolute atomic E-state index is 0.140. The van der Waals surface area contributed by atoms with Crippen molar-refractivity contribution in [3.05, 3.63) is 23.2 Å². The van der Waals surface area contributed by atoms with Gasteiger partial charge in [-0.15, -0.1) is 0 Å². The molecule has 2 aliphatic rings. The molecule has 0 fully saturated rings. The number of aromatic nitrogens is 1. The molecule has 0 saturated heterocycles. The molecule has 8 heteroatoms. The van der Waals surface area contributed by atoms with E-state index in [0.29, 0.717) is 12.3 Å². The van der Waals surface area contributed by atoms with Gasteiger partial charge in [0, 0.05) is 12.2 Å². The van der Waals surface area contributed by atoms with Crippen LogP contribution in [0.3, 0.4) is 0 Å². The molecule has 8 nitrogen and oxygen atoms in total. The fourth-order valence-corrected chi connectivity index (χ4v) is 3.01. The summed E-state index contributed by atoms with van der Waals surface area (Å²) in [7, 11) is 0. The zero-order chi connectivity index (χ0) is 16.4. The highest BCUT2D eigenvalue weighted by Gasteiger charge is 2.31. The topological polar surface area (TPSA) is 77.5 Å². The molecule has 23 heavy (non-hydrogen) atoms. The Hall–Kier alpha value is -2.38. The summed E-state index contributed by atoms with van der Waals surface area (Å²) in [5.74, 6) is 0.665. The van der Waals surface area contributed by atoms with Crippen LogP contribution in [0.1, 0.15) is 44.1 Å². The Morgan fingerprint density at radius 2 is 2.17 bits per heavy atom. The van der Waals surface area contributed by atoms with Crippen molar-refractivity contribution < 1.29 is 9.32 Å². The summed E-state index contributed by atoms with van der Waals surface area (Å²) in [6.07, 6.45) is 6.45. The summed E-state index contributed by atoms with van der Waals surface area (Å²) in [5, 5.41) is 15.0. The number of carbonyl (C=O) groups excluding carboxylic acids is 1. The molecular weight excluding hydrogens is 296 g/mol. The lowest BCUT2D eigenvalue weighted by Crippen LogP contribution is -2.41. The first-order valence-electron chi connectivity index (χ1n) is 8.02. The van der Waals surface area contributed by atoms with Gasteiger partial charge in [0.25, 0.3) is 0 Å². The predicted octanol–water partition coefficient (Wildman–Crippen LogP) is 3.55. The summed E-state index contributed by atoms with van der Waals surface area (Å²) in [4.78, 5) is 14.5. The molecule has 1 aliphatic heterocycles. The maximum Gasteiger partial charge on any atom is 0.347 e. The molecule has 3 rings (SSSR count). The van der Waals surface area contributed by atoms with Crippen molar-refractivity contribution in [2.75, 3.05) is 18.2 Å². The highest BCUT2D eigenvalue weighted by molar-refractivity contribution is 5.76. The number of carbonyl (C=O) groups is 1. The zero-order valence-electron chi connectivity index (χ0n) is 13.8. The van der Waals surface area contributed by atoms with Crippen molar-refractivity contribution in [1.29, 1.82) is 0 Å². The van der Waals surface area contributed by atoms with E-state index in [1.54, 1.807) is 9.91 Å². The molecule has 0 radical (unpaired) electrons. The van der Waals surface area contributed by atoms with E-state index in [9.17, 15) is 4.79 Å². The molecule has 1 aromatic heterocycles. The molecule has 0 atom stereocenters. The largest absolute Gasteiger partial charge is 0.359 e. The minimum atomic E-state index is -0.140. The Morgan fingerprint density at radius 3 is 2.78 bits per heavy atom. The van der Waals surface area contributed by atoms with Crippen LogP contribution in [0.4, 0.5) is 10.5 Å². The number of hydrogen-bond acceptors (Lipinski definition) is 6. The predicted molar refractivity (Wildman–Crippen MR) is 84.3 cm³/mol. The lowest BCUT2D eigenvalue weighted by Gasteiger charge is -2.28. The lowest BCUT2D eigenvalue weighted by molar-refractivity contribution is 0.171. The van der Waals surface area contributed by atoms with E-state index >= 15 is 0 Å². The van der Waals surface area contributed by atoms with Crippen LogP contribution in [0.5, 0.6) is 0 Å². The molecule has 0 spiro atoms. The van der Waals surface area contributed by atoms with Gasteiger partial charge in [-0.05, 0) is 56.9 Å². The van der Waals surface area contributed by atoms with Crippen LogP contribution in [-0.2, 0) is 0 Å². The van der Waals surface area contributed by atoms with Crippen LogP contribution in [0, 0.1) is 13.8 Å².